The Morgan fingerprint density at radius 2 is 1.64 bits per heavy atom. The van der Waals surface area contributed by atoms with Gasteiger partial charge in [-0.25, -0.2) is 9.67 Å². The van der Waals surface area contributed by atoms with Crippen LogP contribution in [0.15, 0.2) is 36.7 Å². The van der Waals surface area contributed by atoms with Crippen LogP contribution in [-0.2, 0) is 0 Å². The van der Waals surface area contributed by atoms with Gasteiger partial charge in [0.05, 0.1) is 0 Å². The van der Waals surface area contributed by atoms with Crippen molar-refractivity contribution in [2.24, 2.45) is 0 Å². The van der Waals surface area contributed by atoms with Crippen molar-refractivity contribution in [3.8, 4) is 5.82 Å². The monoisotopic (exact) mass is 318 g/mol. The Kier molecular flexibility index (Phi) is 4.62. The lowest BCUT2D eigenvalue weighted by Crippen LogP contribution is -2.34. The average Bonchev–Trinajstić information content (AvgIpc) is 2.89. The second kappa shape index (κ2) is 6.00. The van der Waals surface area contributed by atoms with Gasteiger partial charge in [0.25, 0.3) is 0 Å². The Labute approximate surface area is 135 Å². The van der Waals surface area contributed by atoms with Crippen LogP contribution < -0.4 is 4.67 Å². The molecule has 2 heterocycles. The van der Waals surface area contributed by atoms with Crippen LogP contribution in [0.2, 0.25) is 0 Å². The topological polar surface area (TPSA) is 34.0 Å². The van der Waals surface area contributed by atoms with Gasteiger partial charge in [0, 0.05) is 37.8 Å². The van der Waals surface area contributed by atoms with Crippen molar-refractivity contribution < 1.29 is 0 Å². The van der Waals surface area contributed by atoms with Gasteiger partial charge in [0.2, 0.25) is 0 Å². The summed E-state index contributed by atoms with van der Waals surface area (Å²) < 4.78 is 4.16. The Morgan fingerprint density at radius 1 is 1.00 bits per heavy atom. The molecule has 0 fully saturated rings. The molecule has 0 saturated heterocycles. The molecular weight excluding hydrogens is 291 g/mol. The van der Waals surface area contributed by atoms with Crippen LogP contribution in [0.3, 0.4) is 0 Å². The number of nitrogens with zero attached hydrogens (tertiary/aromatic N) is 4. The molecule has 4 nitrogen and oxygen atoms in total. The van der Waals surface area contributed by atoms with Crippen molar-refractivity contribution in [2.75, 3.05) is 11.7 Å². The zero-order valence-corrected chi connectivity index (χ0v) is 15.6. The third kappa shape index (κ3) is 3.67. The molecule has 0 saturated carbocycles. The van der Waals surface area contributed by atoms with E-state index in [0.717, 1.165) is 11.6 Å². The minimum absolute atomic E-state index is 0.214. The van der Waals surface area contributed by atoms with Gasteiger partial charge in [-0.3, -0.25) is 0 Å². The van der Waals surface area contributed by atoms with Gasteiger partial charge < -0.3 is 4.67 Å². The quantitative estimate of drug-likeness (QED) is 0.769. The molecule has 5 heteroatoms. The number of pyridine rings is 1. The maximum Gasteiger partial charge on any atom is 0.155 e. The van der Waals surface area contributed by atoms with Crippen molar-refractivity contribution in [2.45, 2.75) is 51.9 Å². The number of hydrogen-bond donors (Lipinski definition) is 0. The number of aromatic nitrogens is 3. The second-order valence-corrected chi connectivity index (χ2v) is 11.4. The van der Waals surface area contributed by atoms with Crippen LogP contribution in [0, 0.1) is 0 Å². The molecule has 120 valence electrons. The largest absolute Gasteiger partial charge is 0.338 e. The summed E-state index contributed by atoms with van der Waals surface area (Å²) in [6, 6.07) is 8.03. The van der Waals surface area contributed by atoms with Crippen LogP contribution >= 0.6 is 8.07 Å². The molecule has 0 unspecified atom stereocenters. The van der Waals surface area contributed by atoms with Crippen molar-refractivity contribution in [1.82, 2.24) is 14.8 Å². The third-order valence-electron chi connectivity index (χ3n) is 3.36. The summed E-state index contributed by atoms with van der Waals surface area (Å²) in [6.07, 6.45) is 3.69. The zero-order chi connectivity index (χ0) is 16.5. The van der Waals surface area contributed by atoms with E-state index in [9.17, 15) is 0 Å². The first-order valence-corrected chi connectivity index (χ1v) is 8.91. The maximum atomic E-state index is 4.81. The molecule has 0 atom stereocenters. The summed E-state index contributed by atoms with van der Waals surface area (Å²) in [6.45, 7) is 13.9. The van der Waals surface area contributed by atoms with Crippen LogP contribution in [-0.4, -0.2) is 32.1 Å². The summed E-state index contributed by atoms with van der Waals surface area (Å²) in [4.78, 5) is 4.81. The minimum Gasteiger partial charge on any atom is -0.338 e. The first kappa shape index (κ1) is 17.0. The molecule has 0 aliphatic heterocycles. The van der Waals surface area contributed by atoms with Gasteiger partial charge >= 0.3 is 0 Å². The van der Waals surface area contributed by atoms with Gasteiger partial charge in [-0.2, -0.15) is 5.10 Å². The van der Waals surface area contributed by atoms with E-state index in [-0.39, 0.29) is 10.3 Å². The zero-order valence-electron chi connectivity index (χ0n) is 14.7. The van der Waals surface area contributed by atoms with Crippen molar-refractivity contribution in [1.29, 1.82) is 0 Å². The van der Waals surface area contributed by atoms with E-state index in [1.54, 1.807) is 10.9 Å². The van der Waals surface area contributed by atoms with Crippen molar-refractivity contribution >= 4 is 13.9 Å². The van der Waals surface area contributed by atoms with Gasteiger partial charge in [-0.05, 0) is 18.2 Å². The molecule has 22 heavy (non-hydrogen) atoms. The summed E-state index contributed by atoms with van der Waals surface area (Å²) in [7, 11) is 1.76. The highest BCUT2D eigenvalue weighted by atomic mass is 31.1. The summed E-state index contributed by atoms with van der Waals surface area (Å²) in [5, 5.41) is 4.70. The molecule has 2 aromatic heterocycles. The van der Waals surface area contributed by atoms with E-state index in [2.05, 4.69) is 70.5 Å². The highest BCUT2D eigenvalue weighted by Crippen LogP contribution is 2.61. The Bertz CT molecular complexity index is 594. The average molecular weight is 318 g/mol. The lowest BCUT2D eigenvalue weighted by molar-refractivity contribution is 0.700. The Hall–Kier alpha value is -1.41. The standard InChI is InChI=1S/C17H27N4P/c1-16(2,3)22(17(4,5)6)20(7)14-10-8-11-15(19-14)21-13-9-12-18-21/h8-13H,1-7H3. The molecule has 0 aliphatic carbocycles. The fraction of sp³-hybridized carbons (Fsp3) is 0.529. The van der Waals surface area contributed by atoms with E-state index in [4.69, 9.17) is 4.98 Å². The summed E-state index contributed by atoms with van der Waals surface area (Å²) >= 11 is 0. The predicted molar refractivity (Wildman–Crippen MR) is 96.2 cm³/mol. The van der Waals surface area contributed by atoms with Gasteiger partial charge in [0.15, 0.2) is 5.82 Å². The van der Waals surface area contributed by atoms with Crippen molar-refractivity contribution in [3.63, 3.8) is 0 Å². The van der Waals surface area contributed by atoms with Crippen molar-refractivity contribution in [3.05, 3.63) is 36.7 Å². The van der Waals surface area contributed by atoms with Crippen LogP contribution in [0.4, 0.5) is 5.82 Å². The van der Waals surface area contributed by atoms with E-state index in [1.165, 1.54) is 0 Å². The summed E-state index contributed by atoms with van der Waals surface area (Å²) in [5.41, 5.74) is 0. The number of hydrogen-bond acceptors (Lipinski definition) is 3. The first-order chi connectivity index (χ1) is 10.1. The van der Waals surface area contributed by atoms with Gasteiger partial charge in [0.1, 0.15) is 5.82 Å². The maximum absolute atomic E-state index is 4.81. The number of anilines is 1. The van der Waals surface area contributed by atoms with Crippen LogP contribution in [0.5, 0.6) is 0 Å². The normalized spacial score (nSPS) is 12.7. The second-order valence-electron chi connectivity index (χ2n) is 7.48. The molecule has 0 radical (unpaired) electrons. The smallest absolute Gasteiger partial charge is 0.155 e. The fourth-order valence-electron chi connectivity index (χ4n) is 3.13. The van der Waals surface area contributed by atoms with Crippen LogP contribution in [0.25, 0.3) is 5.82 Å². The lowest BCUT2D eigenvalue weighted by Gasteiger charge is -2.46. The first-order valence-electron chi connectivity index (χ1n) is 7.62. The highest BCUT2D eigenvalue weighted by Gasteiger charge is 2.38. The fourth-order valence-corrected chi connectivity index (χ4v) is 7.26. The molecule has 2 aromatic rings. The Morgan fingerprint density at radius 3 is 2.14 bits per heavy atom. The minimum atomic E-state index is -0.409. The summed E-state index contributed by atoms with van der Waals surface area (Å²) in [5.74, 6) is 1.86. The molecule has 0 bridgehead atoms. The molecule has 0 amide bonds. The highest BCUT2D eigenvalue weighted by molar-refractivity contribution is 7.62. The van der Waals surface area contributed by atoms with Gasteiger partial charge in [-0.15, -0.1) is 0 Å². The molecule has 2 rings (SSSR count). The van der Waals surface area contributed by atoms with E-state index in [1.807, 2.05) is 18.3 Å². The molecule has 0 aliphatic rings. The van der Waals surface area contributed by atoms with E-state index in [0.29, 0.717) is 0 Å². The van der Waals surface area contributed by atoms with E-state index < -0.39 is 8.07 Å². The number of rotatable bonds is 3. The molecular formula is C17H27N4P. The Balaban J connectivity index is 2.40. The van der Waals surface area contributed by atoms with Gasteiger partial charge in [-0.1, -0.05) is 47.6 Å². The molecule has 0 N–H and O–H groups in total. The van der Waals surface area contributed by atoms with E-state index >= 15 is 0 Å². The lowest BCUT2D eigenvalue weighted by atomic mass is 10.2. The SMILES string of the molecule is CN(c1cccc(-n2cccn2)n1)P(C(C)(C)C)C(C)(C)C. The van der Waals surface area contributed by atoms with Crippen LogP contribution in [0.1, 0.15) is 41.5 Å². The predicted octanol–water partition coefficient (Wildman–Crippen LogP) is 4.70. The third-order valence-corrected chi connectivity index (χ3v) is 6.71. The molecule has 0 aromatic carbocycles. The molecule has 0 spiro atoms.